The molecule has 0 bridgehead atoms. The number of halogens is 1. The lowest BCUT2D eigenvalue weighted by molar-refractivity contribution is 0.0697. The molecule has 0 spiro atoms. The number of carboxylic acid groups (broad SMARTS) is 1. The number of carbonyl (C=O) groups is 1. The fourth-order valence-corrected chi connectivity index (χ4v) is 1.06. The van der Waals surface area contributed by atoms with E-state index in [0.29, 0.717) is 6.42 Å². The summed E-state index contributed by atoms with van der Waals surface area (Å²) in [6.45, 7) is 0.198. The van der Waals surface area contributed by atoms with Crippen molar-refractivity contribution in [1.29, 1.82) is 0 Å². The van der Waals surface area contributed by atoms with Gasteiger partial charge in [-0.25, -0.2) is 9.18 Å². The summed E-state index contributed by atoms with van der Waals surface area (Å²) in [7, 11) is 0. The lowest BCUT2D eigenvalue weighted by Crippen LogP contribution is -1.97. The van der Waals surface area contributed by atoms with Gasteiger partial charge in [0.1, 0.15) is 5.82 Å². The molecule has 17 heavy (non-hydrogen) atoms. The molecule has 0 fully saturated rings. The van der Waals surface area contributed by atoms with Gasteiger partial charge in [-0.3, -0.25) is 0 Å². The van der Waals surface area contributed by atoms with Crippen LogP contribution in [0.1, 0.15) is 22.3 Å². The van der Waals surface area contributed by atoms with Gasteiger partial charge in [-0.2, -0.15) is 0 Å². The van der Waals surface area contributed by atoms with Crippen LogP contribution >= 0.6 is 0 Å². The Kier molecular flexibility index (Phi) is 4.55. The van der Waals surface area contributed by atoms with Gasteiger partial charge in [0.05, 0.1) is 11.1 Å². The summed E-state index contributed by atoms with van der Waals surface area (Å²) in [4.78, 5) is 13.2. The summed E-state index contributed by atoms with van der Waals surface area (Å²) in [5.74, 6) is 3.38. The molecule has 1 aromatic rings. The standard InChI is InChI=1S/C11H8FN3O2/c12-10-5-4-9(11(16)17)7-8(10)3-1-2-6-14-15-13/h4-5,7H,2,6H2,(H,16,17). The third-order valence-electron chi connectivity index (χ3n) is 1.84. The summed E-state index contributed by atoms with van der Waals surface area (Å²) in [6.07, 6.45) is 0.292. The minimum atomic E-state index is -1.14. The van der Waals surface area contributed by atoms with Crippen LogP contribution in [0.5, 0.6) is 0 Å². The van der Waals surface area contributed by atoms with Gasteiger partial charge in [-0.05, 0) is 23.7 Å². The van der Waals surface area contributed by atoms with Crippen LogP contribution in [0.3, 0.4) is 0 Å². The van der Waals surface area contributed by atoms with Crippen LogP contribution in [0.15, 0.2) is 23.3 Å². The van der Waals surface area contributed by atoms with Crippen LogP contribution in [-0.4, -0.2) is 17.6 Å². The Morgan fingerprint density at radius 2 is 2.35 bits per heavy atom. The Morgan fingerprint density at radius 1 is 1.59 bits per heavy atom. The summed E-state index contributed by atoms with van der Waals surface area (Å²) in [5.41, 5.74) is 8.01. The molecular formula is C11H8FN3O2. The fourth-order valence-electron chi connectivity index (χ4n) is 1.06. The maximum absolute atomic E-state index is 13.2. The molecular weight excluding hydrogens is 225 g/mol. The van der Waals surface area contributed by atoms with Crippen molar-refractivity contribution in [3.63, 3.8) is 0 Å². The Labute approximate surface area is 96.5 Å². The summed E-state index contributed by atoms with van der Waals surface area (Å²) in [5, 5.41) is 12.0. The molecule has 0 amide bonds. The molecule has 5 nitrogen and oxygen atoms in total. The average Bonchev–Trinajstić information content (AvgIpc) is 2.30. The van der Waals surface area contributed by atoms with Gasteiger partial charge in [0.25, 0.3) is 0 Å². The normalized spacial score (nSPS) is 8.76. The predicted molar refractivity (Wildman–Crippen MR) is 58.9 cm³/mol. The molecule has 6 heteroatoms. The first-order chi connectivity index (χ1) is 8.15. The molecule has 86 valence electrons. The Balaban J connectivity index is 2.85. The van der Waals surface area contributed by atoms with Crippen molar-refractivity contribution in [3.8, 4) is 11.8 Å². The van der Waals surface area contributed by atoms with Crippen molar-refractivity contribution in [2.75, 3.05) is 6.54 Å². The fraction of sp³-hybridized carbons (Fsp3) is 0.182. The number of hydrogen-bond acceptors (Lipinski definition) is 2. The minimum absolute atomic E-state index is 0.0193. The number of azide groups is 1. The highest BCUT2D eigenvalue weighted by atomic mass is 19.1. The second kappa shape index (κ2) is 6.16. The molecule has 1 rings (SSSR count). The third kappa shape index (κ3) is 3.86. The first-order valence-corrected chi connectivity index (χ1v) is 4.67. The third-order valence-corrected chi connectivity index (χ3v) is 1.84. The minimum Gasteiger partial charge on any atom is -0.478 e. The van der Waals surface area contributed by atoms with Crippen LogP contribution < -0.4 is 0 Å². The van der Waals surface area contributed by atoms with E-state index in [2.05, 4.69) is 21.9 Å². The van der Waals surface area contributed by atoms with Crippen molar-refractivity contribution in [2.24, 2.45) is 5.11 Å². The van der Waals surface area contributed by atoms with Gasteiger partial charge in [0.2, 0.25) is 0 Å². The Hall–Kier alpha value is -2.51. The number of nitrogens with zero attached hydrogens (tertiary/aromatic N) is 3. The predicted octanol–water partition coefficient (Wildman–Crippen LogP) is 2.58. The van der Waals surface area contributed by atoms with Gasteiger partial charge >= 0.3 is 5.97 Å². The first-order valence-electron chi connectivity index (χ1n) is 4.67. The number of benzene rings is 1. The highest BCUT2D eigenvalue weighted by Crippen LogP contribution is 2.09. The van der Waals surface area contributed by atoms with E-state index in [-0.39, 0.29) is 17.7 Å². The van der Waals surface area contributed by atoms with Crippen LogP contribution in [0, 0.1) is 17.7 Å². The number of rotatable bonds is 3. The van der Waals surface area contributed by atoms with Crippen LogP contribution in [-0.2, 0) is 0 Å². The highest BCUT2D eigenvalue weighted by Gasteiger charge is 2.06. The van der Waals surface area contributed by atoms with E-state index in [9.17, 15) is 9.18 Å². The number of carboxylic acids is 1. The molecule has 0 unspecified atom stereocenters. The Morgan fingerprint density at radius 3 is 3.00 bits per heavy atom. The number of hydrogen-bond donors (Lipinski definition) is 1. The van der Waals surface area contributed by atoms with Crippen LogP contribution in [0.2, 0.25) is 0 Å². The molecule has 0 aliphatic heterocycles. The van der Waals surface area contributed by atoms with Crippen LogP contribution in [0.4, 0.5) is 4.39 Å². The van der Waals surface area contributed by atoms with Crippen molar-refractivity contribution < 1.29 is 14.3 Å². The highest BCUT2D eigenvalue weighted by molar-refractivity contribution is 5.88. The zero-order valence-electron chi connectivity index (χ0n) is 8.72. The average molecular weight is 233 g/mol. The maximum atomic E-state index is 13.2. The first kappa shape index (κ1) is 12.6. The van der Waals surface area contributed by atoms with E-state index in [1.165, 1.54) is 6.07 Å². The van der Waals surface area contributed by atoms with Gasteiger partial charge < -0.3 is 5.11 Å². The van der Waals surface area contributed by atoms with Gasteiger partial charge in [0.15, 0.2) is 0 Å². The van der Waals surface area contributed by atoms with E-state index in [4.69, 9.17) is 10.6 Å². The molecule has 0 atom stereocenters. The number of aromatic carboxylic acids is 1. The second-order valence-corrected chi connectivity index (χ2v) is 3.01. The molecule has 1 N–H and O–H groups in total. The van der Waals surface area contributed by atoms with Gasteiger partial charge in [0, 0.05) is 17.9 Å². The molecule has 1 aromatic carbocycles. The largest absolute Gasteiger partial charge is 0.478 e. The zero-order valence-corrected chi connectivity index (χ0v) is 8.72. The smallest absolute Gasteiger partial charge is 0.335 e. The van der Waals surface area contributed by atoms with E-state index in [1.54, 1.807) is 0 Å². The van der Waals surface area contributed by atoms with Gasteiger partial charge in [-0.15, -0.1) is 0 Å². The van der Waals surface area contributed by atoms with Crippen LogP contribution in [0.25, 0.3) is 10.4 Å². The van der Waals surface area contributed by atoms with E-state index < -0.39 is 11.8 Å². The van der Waals surface area contributed by atoms with E-state index in [1.807, 2.05) is 0 Å². The molecule has 0 radical (unpaired) electrons. The van der Waals surface area contributed by atoms with Crippen molar-refractivity contribution in [2.45, 2.75) is 6.42 Å². The second-order valence-electron chi connectivity index (χ2n) is 3.01. The monoisotopic (exact) mass is 233 g/mol. The lowest BCUT2D eigenvalue weighted by atomic mass is 10.1. The summed E-state index contributed by atoms with van der Waals surface area (Å²) in [6, 6.07) is 3.39. The molecule has 0 aromatic heterocycles. The Bertz CT molecular complexity index is 539. The summed E-state index contributed by atoms with van der Waals surface area (Å²) < 4.78 is 13.2. The zero-order chi connectivity index (χ0) is 12.7. The SMILES string of the molecule is [N-]=[N+]=NCCC#Cc1cc(C(=O)O)ccc1F. The van der Waals surface area contributed by atoms with Crippen molar-refractivity contribution in [3.05, 3.63) is 45.6 Å². The van der Waals surface area contributed by atoms with Gasteiger partial charge in [-0.1, -0.05) is 17.0 Å². The molecule has 0 aliphatic carbocycles. The van der Waals surface area contributed by atoms with E-state index in [0.717, 1.165) is 12.1 Å². The quantitative estimate of drug-likeness (QED) is 0.286. The summed E-state index contributed by atoms with van der Waals surface area (Å²) >= 11 is 0. The maximum Gasteiger partial charge on any atom is 0.335 e. The van der Waals surface area contributed by atoms with E-state index >= 15 is 0 Å². The lowest BCUT2D eigenvalue weighted by Gasteiger charge is -1.97. The molecule has 0 heterocycles. The molecule has 0 aliphatic rings. The van der Waals surface area contributed by atoms with Crippen molar-refractivity contribution >= 4 is 5.97 Å². The molecule has 0 saturated carbocycles. The topological polar surface area (TPSA) is 86.1 Å². The molecule has 0 saturated heterocycles. The van der Waals surface area contributed by atoms with Crippen molar-refractivity contribution in [1.82, 2.24) is 0 Å².